The Morgan fingerprint density at radius 2 is 1.89 bits per heavy atom. The third-order valence-corrected chi connectivity index (χ3v) is 3.95. The van der Waals surface area contributed by atoms with E-state index in [1.807, 2.05) is 25.1 Å². The van der Waals surface area contributed by atoms with Gasteiger partial charge in [0.05, 0.1) is 0 Å². The van der Waals surface area contributed by atoms with Gasteiger partial charge >= 0.3 is 11.8 Å². The molecule has 1 saturated heterocycles. The molecule has 2 rings (SSSR count). The van der Waals surface area contributed by atoms with Gasteiger partial charge in [0.1, 0.15) is 0 Å². The molecule has 4 nitrogen and oxygen atoms in total. The van der Waals surface area contributed by atoms with Crippen molar-refractivity contribution in [3.63, 3.8) is 0 Å². The summed E-state index contributed by atoms with van der Waals surface area (Å²) in [5.41, 5.74) is 1.67. The maximum atomic E-state index is 12.0. The number of rotatable bonds is 1. The highest BCUT2D eigenvalue weighted by molar-refractivity contribution is 14.1. The number of aryl methyl sites for hydroxylation is 1. The number of halogens is 1. The van der Waals surface area contributed by atoms with Gasteiger partial charge in [0, 0.05) is 22.3 Å². The highest BCUT2D eigenvalue weighted by Gasteiger charge is 2.23. The van der Waals surface area contributed by atoms with Crippen molar-refractivity contribution in [3.8, 4) is 0 Å². The Bertz CT molecular complexity index is 496. The highest BCUT2D eigenvalue weighted by Crippen LogP contribution is 2.18. The fourth-order valence-electron chi connectivity index (χ4n) is 2.18. The molecule has 0 radical (unpaired) electrons. The highest BCUT2D eigenvalue weighted by atomic mass is 127. The number of nitrogens with one attached hydrogen (secondary N) is 1. The van der Waals surface area contributed by atoms with Crippen molar-refractivity contribution in [1.82, 2.24) is 4.90 Å². The topological polar surface area (TPSA) is 49.4 Å². The zero-order valence-electron chi connectivity index (χ0n) is 10.9. The van der Waals surface area contributed by atoms with E-state index in [4.69, 9.17) is 0 Å². The van der Waals surface area contributed by atoms with Crippen molar-refractivity contribution in [2.45, 2.75) is 26.2 Å². The van der Waals surface area contributed by atoms with Gasteiger partial charge in [-0.15, -0.1) is 0 Å². The average Bonchev–Trinajstić information content (AvgIpc) is 2.42. The Morgan fingerprint density at radius 3 is 2.53 bits per heavy atom. The second-order valence-electron chi connectivity index (χ2n) is 4.77. The van der Waals surface area contributed by atoms with E-state index in [0.717, 1.165) is 28.4 Å². The number of nitrogens with zero attached hydrogens (tertiary/aromatic N) is 1. The first-order chi connectivity index (χ1) is 9.08. The van der Waals surface area contributed by atoms with E-state index in [9.17, 15) is 9.59 Å². The predicted molar refractivity (Wildman–Crippen MR) is 83.0 cm³/mol. The SMILES string of the molecule is Cc1cc(I)ccc1NC(=O)C(=O)N1CCCCC1. The lowest BCUT2D eigenvalue weighted by Gasteiger charge is -2.26. The summed E-state index contributed by atoms with van der Waals surface area (Å²) in [4.78, 5) is 25.6. The quantitative estimate of drug-likeness (QED) is 0.609. The smallest absolute Gasteiger partial charge is 0.313 e. The zero-order valence-corrected chi connectivity index (χ0v) is 13.1. The van der Waals surface area contributed by atoms with Gasteiger partial charge in [0.15, 0.2) is 0 Å². The summed E-state index contributed by atoms with van der Waals surface area (Å²) in [7, 11) is 0. The second-order valence-corrected chi connectivity index (χ2v) is 6.01. The van der Waals surface area contributed by atoms with Gasteiger partial charge < -0.3 is 10.2 Å². The van der Waals surface area contributed by atoms with Crippen molar-refractivity contribution < 1.29 is 9.59 Å². The van der Waals surface area contributed by atoms with Crippen LogP contribution in [0.25, 0.3) is 0 Å². The molecular formula is C14H17IN2O2. The summed E-state index contributed by atoms with van der Waals surface area (Å²) in [5, 5.41) is 2.70. The van der Waals surface area contributed by atoms with E-state index in [1.54, 1.807) is 4.90 Å². The summed E-state index contributed by atoms with van der Waals surface area (Å²) in [6, 6.07) is 5.72. The first kappa shape index (κ1) is 14.3. The Labute approximate surface area is 126 Å². The predicted octanol–water partition coefficient (Wildman–Crippen LogP) is 2.55. The molecule has 0 saturated carbocycles. The van der Waals surface area contributed by atoms with Crippen LogP contribution in [0.15, 0.2) is 18.2 Å². The number of likely N-dealkylation sites (tertiary alicyclic amines) is 1. The lowest BCUT2D eigenvalue weighted by Crippen LogP contribution is -2.42. The number of carbonyl (C=O) groups is 2. The van der Waals surface area contributed by atoms with Gasteiger partial charge in [0.2, 0.25) is 0 Å². The molecule has 5 heteroatoms. The Balaban J connectivity index is 2.01. The molecule has 0 aliphatic carbocycles. The molecule has 2 amide bonds. The van der Waals surface area contributed by atoms with E-state index < -0.39 is 11.8 Å². The summed E-state index contributed by atoms with van der Waals surface area (Å²) in [6.07, 6.45) is 3.12. The number of carbonyl (C=O) groups excluding carboxylic acids is 2. The molecule has 0 bridgehead atoms. The van der Waals surface area contributed by atoms with Crippen LogP contribution in [0, 0.1) is 10.5 Å². The van der Waals surface area contributed by atoms with Crippen LogP contribution in [0.2, 0.25) is 0 Å². The van der Waals surface area contributed by atoms with Crippen molar-refractivity contribution in [2.24, 2.45) is 0 Å². The third kappa shape index (κ3) is 3.68. The molecule has 102 valence electrons. The van der Waals surface area contributed by atoms with Crippen LogP contribution in [0.1, 0.15) is 24.8 Å². The number of benzene rings is 1. The minimum Gasteiger partial charge on any atom is -0.334 e. The molecule has 1 N–H and O–H groups in total. The molecule has 0 spiro atoms. The van der Waals surface area contributed by atoms with Gasteiger partial charge in [-0.05, 0) is 72.5 Å². The van der Waals surface area contributed by atoms with Crippen LogP contribution in [-0.4, -0.2) is 29.8 Å². The molecule has 1 fully saturated rings. The van der Waals surface area contributed by atoms with Crippen LogP contribution >= 0.6 is 22.6 Å². The van der Waals surface area contributed by atoms with Gasteiger partial charge in [-0.1, -0.05) is 0 Å². The minimum atomic E-state index is -0.536. The molecule has 0 unspecified atom stereocenters. The van der Waals surface area contributed by atoms with Gasteiger partial charge in [-0.3, -0.25) is 9.59 Å². The summed E-state index contributed by atoms with van der Waals surface area (Å²) < 4.78 is 1.11. The molecular weight excluding hydrogens is 355 g/mol. The van der Waals surface area contributed by atoms with E-state index in [0.29, 0.717) is 18.8 Å². The molecule has 0 aromatic heterocycles. The number of hydrogen-bond donors (Lipinski definition) is 1. The van der Waals surface area contributed by atoms with E-state index in [1.165, 1.54) is 0 Å². The Hall–Kier alpha value is -1.11. The summed E-state index contributed by atoms with van der Waals surface area (Å²) >= 11 is 2.22. The van der Waals surface area contributed by atoms with Crippen molar-refractivity contribution in [1.29, 1.82) is 0 Å². The Morgan fingerprint density at radius 1 is 1.21 bits per heavy atom. The number of piperidine rings is 1. The fourth-order valence-corrected chi connectivity index (χ4v) is 2.83. The molecule has 1 aliphatic rings. The van der Waals surface area contributed by atoms with Crippen molar-refractivity contribution in [2.75, 3.05) is 18.4 Å². The molecule has 0 atom stereocenters. The maximum absolute atomic E-state index is 12.0. The largest absolute Gasteiger partial charge is 0.334 e. The first-order valence-electron chi connectivity index (χ1n) is 6.44. The fraction of sp³-hybridized carbons (Fsp3) is 0.429. The molecule has 1 aromatic carbocycles. The first-order valence-corrected chi connectivity index (χ1v) is 7.52. The van der Waals surface area contributed by atoms with Gasteiger partial charge in [0.25, 0.3) is 0 Å². The molecule has 1 aromatic rings. The van der Waals surface area contributed by atoms with E-state index in [2.05, 4.69) is 27.9 Å². The number of hydrogen-bond acceptors (Lipinski definition) is 2. The average molecular weight is 372 g/mol. The third-order valence-electron chi connectivity index (χ3n) is 3.27. The minimum absolute atomic E-state index is 0.419. The van der Waals surface area contributed by atoms with Crippen LogP contribution in [0.4, 0.5) is 5.69 Å². The number of amides is 2. The lowest BCUT2D eigenvalue weighted by atomic mass is 10.1. The number of anilines is 1. The summed E-state index contributed by atoms with van der Waals surface area (Å²) in [5.74, 6) is -0.955. The zero-order chi connectivity index (χ0) is 13.8. The van der Waals surface area contributed by atoms with Crippen molar-refractivity contribution >= 4 is 40.1 Å². The molecule has 19 heavy (non-hydrogen) atoms. The van der Waals surface area contributed by atoms with Crippen LogP contribution in [-0.2, 0) is 9.59 Å². The monoisotopic (exact) mass is 372 g/mol. The van der Waals surface area contributed by atoms with Crippen LogP contribution < -0.4 is 5.32 Å². The lowest BCUT2D eigenvalue weighted by molar-refractivity contribution is -0.143. The molecule has 1 heterocycles. The van der Waals surface area contributed by atoms with E-state index >= 15 is 0 Å². The van der Waals surface area contributed by atoms with Gasteiger partial charge in [-0.25, -0.2) is 0 Å². The second kappa shape index (κ2) is 6.36. The van der Waals surface area contributed by atoms with Crippen LogP contribution in [0.3, 0.4) is 0 Å². The maximum Gasteiger partial charge on any atom is 0.313 e. The standard InChI is InChI=1S/C14H17IN2O2/c1-10-9-11(15)5-6-12(10)16-13(18)14(19)17-7-3-2-4-8-17/h5-6,9H,2-4,7-8H2,1H3,(H,16,18). The Kier molecular flexibility index (Phi) is 4.79. The van der Waals surface area contributed by atoms with Gasteiger partial charge in [-0.2, -0.15) is 0 Å². The van der Waals surface area contributed by atoms with Crippen molar-refractivity contribution in [3.05, 3.63) is 27.3 Å². The normalized spacial score (nSPS) is 15.2. The van der Waals surface area contributed by atoms with E-state index in [-0.39, 0.29) is 0 Å². The van der Waals surface area contributed by atoms with Crippen LogP contribution in [0.5, 0.6) is 0 Å². The summed E-state index contributed by atoms with van der Waals surface area (Å²) in [6.45, 7) is 3.30. The molecule has 1 aliphatic heterocycles.